The van der Waals surface area contributed by atoms with Gasteiger partial charge in [-0.3, -0.25) is 4.98 Å². The van der Waals surface area contributed by atoms with E-state index < -0.39 is 0 Å². The van der Waals surface area contributed by atoms with Crippen molar-refractivity contribution in [3.8, 4) is 0 Å². The van der Waals surface area contributed by atoms with Crippen LogP contribution >= 0.6 is 11.6 Å². The average Bonchev–Trinajstić information content (AvgIpc) is 2.71. The molecule has 0 fully saturated rings. The highest BCUT2D eigenvalue weighted by molar-refractivity contribution is 6.29. The van der Waals surface area contributed by atoms with Gasteiger partial charge in [-0.15, -0.1) is 0 Å². The molecule has 3 nitrogen and oxygen atoms in total. The minimum absolute atomic E-state index is 0.389. The second kappa shape index (κ2) is 4.34. The molecule has 86 valence electrons. The van der Waals surface area contributed by atoms with Gasteiger partial charge in [0.15, 0.2) is 0 Å². The smallest absolute Gasteiger partial charge is 0.149 e. The number of halogens is 1. The number of nitrogens with one attached hydrogen (secondary N) is 1. The summed E-state index contributed by atoms with van der Waals surface area (Å²) in [5.41, 5.74) is 2.83. The monoisotopic (exact) mass is 245 g/mol. The lowest BCUT2D eigenvalue weighted by Gasteiger charge is -2.12. The predicted octanol–water partition coefficient (Wildman–Crippen LogP) is 2.71. The van der Waals surface area contributed by atoms with Gasteiger partial charge in [0.05, 0.1) is 12.4 Å². The van der Waals surface area contributed by atoms with Gasteiger partial charge in [-0.25, -0.2) is 4.98 Å². The molecule has 0 radical (unpaired) electrons. The SMILES string of the molecule is Clc1cncc(NC2Cc3ccccc3C2)n1. The Hall–Kier alpha value is -1.61. The van der Waals surface area contributed by atoms with Crippen molar-refractivity contribution in [1.82, 2.24) is 9.97 Å². The van der Waals surface area contributed by atoms with Crippen LogP contribution < -0.4 is 5.32 Å². The Labute approximate surface area is 105 Å². The van der Waals surface area contributed by atoms with Crippen LogP contribution in [0.3, 0.4) is 0 Å². The van der Waals surface area contributed by atoms with E-state index in [0.29, 0.717) is 11.2 Å². The number of rotatable bonds is 2. The number of nitrogens with zero attached hydrogens (tertiary/aromatic N) is 2. The second-order valence-electron chi connectivity index (χ2n) is 4.25. The van der Waals surface area contributed by atoms with Gasteiger partial charge in [-0.1, -0.05) is 35.9 Å². The normalized spacial score (nSPS) is 14.6. The third kappa shape index (κ3) is 2.24. The zero-order valence-corrected chi connectivity index (χ0v) is 9.98. The van der Waals surface area contributed by atoms with Crippen LogP contribution in [0.5, 0.6) is 0 Å². The van der Waals surface area contributed by atoms with Gasteiger partial charge in [-0.2, -0.15) is 0 Å². The average molecular weight is 246 g/mol. The summed E-state index contributed by atoms with van der Waals surface area (Å²) in [7, 11) is 0. The standard InChI is InChI=1S/C13H12ClN3/c14-12-7-15-8-13(17-12)16-11-5-9-3-1-2-4-10(9)6-11/h1-4,7-8,11H,5-6H2,(H,16,17). The molecule has 0 spiro atoms. The fraction of sp³-hybridized carbons (Fsp3) is 0.231. The molecule has 17 heavy (non-hydrogen) atoms. The van der Waals surface area contributed by atoms with Crippen LogP contribution in [-0.4, -0.2) is 16.0 Å². The highest BCUT2D eigenvalue weighted by atomic mass is 35.5. The first-order valence-corrected chi connectivity index (χ1v) is 6.00. The van der Waals surface area contributed by atoms with Crippen LogP contribution in [-0.2, 0) is 12.8 Å². The lowest BCUT2D eigenvalue weighted by Crippen LogP contribution is -2.20. The third-order valence-corrected chi connectivity index (χ3v) is 3.19. The molecular weight excluding hydrogens is 234 g/mol. The van der Waals surface area contributed by atoms with Gasteiger partial charge in [0.2, 0.25) is 0 Å². The van der Waals surface area contributed by atoms with E-state index in [1.807, 2.05) is 0 Å². The Kier molecular flexibility index (Phi) is 2.69. The largest absolute Gasteiger partial charge is 0.365 e. The third-order valence-electron chi connectivity index (χ3n) is 3.01. The number of hydrogen-bond acceptors (Lipinski definition) is 3. The van der Waals surface area contributed by atoms with Gasteiger partial charge >= 0.3 is 0 Å². The molecule has 1 heterocycles. The summed E-state index contributed by atoms with van der Waals surface area (Å²) < 4.78 is 0. The molecule has 0 unspecified atom stereocenters. The maximum atomic E-state index is 5.81. The summed E-state index contributed by atoms with van der Waals surface area (Å²) in [5, 5.41) is 3.79. The van der Waals surface area contributed by atoms with Crippen LogP contribution in [0.2, 0.25) is 5.15 Å². The maximum absolute atomic E-state index is 5.81. The highest BCUT2D eigenvalue weighted by Crippen LogP contribution is 2.23. The zero-order chi connectivity index (χ0) is 11.7. The second-order valence-corrected chi connectivity index (χ2v) is 4.63. The first-order valence-electron chi connectivity index (χ1n) is 5.62. The molecule has 1 aliphatic rings. The molecule has 0 aliphatic heterocycles. The van der Waals surface area contributed by atoms with Gasteiger partial charge < -0.3 is 5.32 Å². The van der Waals surface area contributed by atoms with E-state index in [2.05, 4.69) is 39.6 Å². The minimum Gasteiger partial charge on any atom is -0.365 e. The first-order chi connectivity index (χ1) is 8.31. The van der Waals surface area contributed by atoms with Crippen molar-refractivity contribution in [2.24, 2.45) is 0 Å². The van der Waals surface area contributed by atoms with E-state index >= 15 is 0 Å². The Bertz CT molecular complexity index is 517. The van der Waals surface area contributed by atoms with Gasteiger partial charge in [0.25, 0.3) is 0 Å². The maximum Gasteiger partial charge on any atom is 0.149 e. The Morgan fingerprint density at radius 2 is 1.82 bits per heavy atom. The lowest BCUT2D eigenvalue weighted by atomic mass is 10.1. The summed E-state index contributed by atoms with van der Waals surface area (Å²) in [6, 6.07) is 8.92. The molecule has 0 bridgehead atoms. The summed E-state index contributed by atoms with van der Waals surface area (Å²) in [4.78, 5) is 8.21. The molecule has 0 atom stereocenters. The number of benzene rings is 1. The lowest BCUT2D eigenvalue weighted by molar-refractivity contribution is 0.767. The quantitative estimate of drug-likeness (QED) is 0.884. The number of hydrogen-bond donors (Lipinski definition) is 1. The Morgan fingerprint density at radius 3 is 2.47 bits per heavy atom. The molecular formula is C13H12ClN3. The van der Waals surface area contributed by atoms with Crippen molar-refractivity contribution in [3.63, 3.8) is 0 Å². The molecule has 1 aliphatic carbocycles. The zero-order valence-electron chi connectivity index (χ0n) is 9.23. The van der Waals surface area contributed by atoms with Crippen molar-refractivity contribution in [2.45, 2.75) is 18.9 Å². The molecule has 1 N–H and O–H groups in total. The molecule has 0 saturated heterocycles. The molecule has 2 aromatic rings. The van der Waals surface area contributed by atoms with E-state index in [9.17, 15) is 0 Å². The number of anilines is 1. The van der Waals surface area contributed by atoms with Crippen molar-refractivity contribution < 1.29 is 0 Å². The Morgan fingerprint density at radius 1 is 1.12 bits per heavy atom. The van der Waals surface area contributed by atoms with Gasteiger partial charge in [0, 0.05) is 6.04 Å². The summed E-state index contributed by atoms with van der Waals surface area (Å²) >= 11 is 5.81. The van der Waals surface area contributed by atoms with E-state index in [1.54, 1.807) is 6.20 Å². The van der Waals surface area contributed by atoms with Crippen LogP contribution in [0.4, 0.5) is 5.82 Å². The van der Waals surface area contributed by atoms with Crippen LogP contribution in [0.15, 0.2) is 36.7 Å². The van der Waals surface area contributed by atoms with Crippen molar-refractivity contribution in [1.29, 1.82) is 0 Å². The van der Waals surface area contributed by atoms with E-state index in [4.69, 9.17) is 11.6 Å². The minimum atomic E-state index is 0.389. The number of fused-ring (bicyclic) bond motifs is 1. The van der Waals surface area contributed by atoms with E-state index in [1.165, 1.54) is 17.3 Å². The Balaban J connectivity index is 1.74. The summed E-state index contributed by atoms with van der Waals surface area (Å²) in [6.07, 6.45) is 5.31. The first kappa shape index (κ1) is 10.5. The van der Waals surface area contributed by atoms with Crippen molar-refractivity contribution >= 4 is 17.4 Å². The van der Waals surface area contributed by atoms with E-state index in [-0.39, 0.29) is 0 Å². The molecule has 1 aromatic carbocycles. The van der Waals surface area contributed by atoms with Gasteiger partial charge in [0.1, 0.15) is 11.0 Å². The highest BCUT2D eigenvalue weighted by Gasteiger charge is 2.20. The topological polar surface area (TPSA) is 37.8 Å². The fourth-order valence-corrected chi connectivity index (χ4v) is 2.43. The van der Waals surface area contributed by atoms with E-state index in [0.717, 1.165) is 18.7 Å². The van der Waals surface area contributed by atoms with Gasteiger partial charge in [-0.05, 0) is 24.0 Å². The molecule has 4 heteroatoms. The van der Waals surface area contributed by atoms with Crippen molar-refractivity contribution in [2.75, 3.05) is 5.32 Å². The molecule has 1 aromatic heterocycles. The van der Waals surface area contributed by atoms with Crippen LogP contribution in [0, 0.1) is 0 Å². The molecule has 0 amide bonds. The molecule has 3 rings (SSSR count). The molecule has 0 saturated carbocycles. The van der Waals surface area contributed by atoms with Crippen LogP contribution in [0.25, 0.3) is 0 Å². The summed E-state index contributed by atoms with van der Waals surface area (Å²) in [6.45, 7) is 0. The predicted molar refractivity (Wildman–Crippen MR) is 68.3 cm³/mol. The number of aromatic nitrogens is 2. The fourth-order valence-electron chi connectivity index (χ4n) is 2.28. The van der Waals surface area contributed by atoms with Crippen LogP contribution in [0.1, 0.15) is 11.1 Å². The summed E-state index contributed by atoms with van der Waals surface area (Å²) in [5.74, 6) is 0.746. The van der Waals surface area contributed by atoms with Crippen molar-refractivity contribution in [3.05, 3.63) is 52.9 Å².